The molecular formula is C54H44N2. The van der Waals surface area contributed by atoms with Crippen LogP contribution in [0.25, 0.3) is 44.5 Å². The normalized spacial score (nSPS) is 13.8. The number of anilines is 5. The first-order valence-electron chi connectivity index (χ1n) is 19.9. The highest BCUT2D eigenvalue weighted by Gasteiger charge is 2.37. The van der Waals surface area contributed by atoms with E-state index in [0.717, 1.165) is 30.8 Å². The van der Waals surface area contributed by atoms with E-state index in [9.17, 15) is 0 Å². The van der Waals surface area contributed by atoms with Crippen molar-refractivity contribution in [2.75, 3.05) is 16.3 Å². The fourth-order valence-corrected chi connectivity index (χ4v) is 9.17. The second kappa shape index (κ2) is 13.9. The Morgan fingerprint density at radius 2 is 0.982 bits per heavy atom. The third-order valence-corrected chi connectivity index (χ3v) is 12.0. The molecule has 0 bridgehead atoms. The third kappa shape index (κ3) is 5.81. The quantitative estimate of drug-likeness (QED) is 0.162. The average Bonchev–Trinajstić information content (AvgIpc) is 3.49. The second-order valence-electron chi connectivity index (χ2n) is 15.7. The molecule has 0 aromatic heterocycles. The lowest BCUT2D eigenvalue weighted by molar-refractivity contribution is 0.660. The van der Waals surface area contributed by atoms with Crippen LogP contribution in [-0.2, 0) is 11.8 Å². The van der Waals surface area contributed by atoms with Crippen LogP contribution in [0.1, 0.15) is 37.0 Å². The molecule has 2 nitrogen and oxygen atoms in total. The van der Waals surface area contributed by atoms with E-state index in [4.69, 9.17) is 0 Å². The van der Waals surface area contributed by atoms with Crippen molar-refractivity contribution in [1.29, 1.82) is 0 Å². The van der Waals surface area contributed by atoms with E-state index in [0.29, 0.717) is 0 Å². The molecule has 10 rings (SSSR count). The number of nitrogens with zero attached hydrogens (tertiary/aromatic N) is 2. The molecule has 0 N–H and O–H groups in total. The molecule has 0 saturated heterocycles. The first-order chi connectivity index (χ1) is 27.5. The van der Waals surface area contributed by atoms with E-state index in [1.807, 2.05) is 0 Å². The van der Waals surface area contributed by atoms with Crippen LogP contribution in [0.4, 0.5) is 28.4 Å². The number of hydrogen-bond donors (Lipinski definition) is 0. The first kappa shape index (κ1) is 33.9. The van der Waals surface area contributed by atoms with Crippen LogP contribution in [-0.4, -0.2) is 6.54 Å². The molecule has 8 aromatic rings. The van der Waals surface area contributed by atoms with Crippen LogP contribution in [0.5, 0.6) is 0 Å². The summed E-state index contributed by atoms with van der Waals surface area (Å²) in [6.45, 7) is 5.75. The highest BCUT2D eigenvalue weighted by Crippen LogP contribution is 2.55. The van der Waals surface area contributed by atoms with Gasteiger partial charge in [0.05, 0.1) is 11.4 Å². The van der Waals surface area contributed by atoms with Crippen molar-refractivity contribution in [2.45, 2.75) is 32.1 Å². The first-order valence-corrected chi connectivity index (χ1v) is 19.9. The van der Waals surface area contributed by atoms with Crippen molar-refractivity contribution in [3.05, 3.63) is 211 Å². The Morgan fingerprint density at radius 3 is 1.61 bits per heavy atom. The molecule has 0 unspecified atom stereocenters. The van der Waals surface area contributed by atoms with Crippen LogP contribution in [0, 0.1) is 0 Å². The lowest BCUT2D eigenvalue weighted by Crippen LogP contribution is -2.25. The standard InChI is InChI=1S/C54H44N2/c1-54(2)50-26-13-12-24-46(50)48-36-49(47-25-14-20-42-21-15-35-55(53(42)47)43-22-10-5-11-23-43)52(37-51(48)54)56(44-31-27-40(28-32-44)38-16-6-3-7-17-38)45-33-29-41(30-34-45)39-18-8-4-9-19-39/h3-14,16-20,22-34,36-37H,15,21,35H2,1-2H3. The third-order valence-electron chi connectivity index (χ3n) is 12.0. The summed E-state index contributed by atoms with van der Waals surface area (Å²) in [6.07, 6.45) is 2.19. The van der Waals surface area contributed by atoms with E-state index in [1.54, 1.807) is 0 Å². The zero-order chi connectivity index (χ0) is 37.6. The smallest absolute Gasteiger partial charge is 0.0544 e. The number of para-hydroxylation sites is 2. The van der Waals surface area contributed by atoms with Crippen molar-refractivity contribution in [3.63, 3.8) is 0 Å². The topological polar surface area (TPSA) is 6.48 Å². The highest BCUT2D eigenvalue weighted by molar-refractivity contribution is 5.99. The van der Waals surface area contributed by atoms with Crippen molar-refractivity contribution in [3.8, 4) is 44.5 Å². The molecule has 0 atom stereocenters. The molecule has 270 valence electrons. The molecule has 2 aliphatic rings. The minimum atomic E-state index is -0.161. The summed E-state index contributed by atoms with van der Waals surface area (Å²) in [4.78, 5) is 5.05. The Morgan fingerprint density at radius 1 is 0.446 bits per heavy atom. The molecule has 0 fully saturated rings. The van der Waals surface area contributed by atoms with Gasteiger partial charge in [0.1, 0.15) is 0 Å². The maximum atomic E-state index is 2.55. The number of aryl methyl sites for hydroxylation is 1. The fraction of sp³-hybridized carbons (Fsp3) is 0.111. The number of rotatable bonds is 7. The van der Waals surface area contributed by atoms with Gasteiger partial charge in [-0.15, -0.1) is 0 Å². The van der Waals surface area contributed by atoms with Gasteiger partial charge in [0, 0.05) is 40.1 Å². The zero-order valence-electron chi connectivity index (χ0n) is 32.0. The molecular weight excluding hydrogens is 677 g/mol. The summed E-state index contributed by atoms with van der Waals surface area (Å²) >= 11 is 0. The van der Waals surface area contributed by atoms with Crippen LogP contribution in [0.2, 0.25) is 0 Å². The van der Waals surface area contributed by atoms with Crippen molar-refractivity contribution in [1.82, 2.24) is 0 Å². The van der Waals surface area contributed by atoms with Gasteiger partial charge in [-0.1, -0.05) is 159 Å². The van der Waals surface area contributed by atoms with Crippen LogP contribution in [0.15, 0.2) is 194 Å². The molecule has 2 heteroatoms. The van der Waals surface area contributed by atoms with Crippen molar-refractivity contribution < 1.29 is 0 Å². The minimum absolute atomic E-state index is 0.161. The summed E-state index contributed by atoms with van der Waals surface area (Å²) in [5.41, 5.74) is 19.9. The number of benzene rings is 8. The summed E-state index contributed by atoms with van der Waals surface area (Å²) in [6, 6.07) is 71.5. The van der Waals surface area contributed by atoms with Gasteiger partial charge < -0.3 is 9.80 Å². The van der Waals surface area contributed by atoms with Crippen LogP contribution in [0.3, 0.4) is 0 Å². The molecule has 8 aromatic carbocycles. The lowest BCUT2D eigenvalue weighted by Gasteiger charge is -2.35. The van der Waals surface area contributed by atoms with E-state index in [2.05, 4.69) is 218 Å². The van der Waals surface area contributed by atoms with Gasteiger partial charge in [0.15, 0.2) is 0 Å². The predicted octanol–water partition coefficient (Wildman–Crippen LogP) is 14.5. The van der Waals surface area contributed by atoms with Gasteiger partial charge in [-0.2, -0.15) is 0 Å². The summed E-state index contributed by atoms with van der Waals surface area (Å²) in [5, 5.41) is 0. The molecule has 0 spiro atoms. The van der Waals surface area contributed by atoms with Gasteiger partial charge >= 0.3 is 0 Å². The lowest BCUT2D eigenvalue weighted by atomic mass is 9.81. The molecule has 0 amide bonds. The Labute approximate surface area is 331 Å². The Bertz CT molecular complexity index is 2580. The number of fused-ring (bicyclic) bond motifs is 4. The van der Waals surface area contributed by atoms with Gasteiger partial charge in [0.25, 0.3) is 0 Å². The van der Waals surface area contributed by atoms with Gasteiger partial charge in [-0.25, -0.2) is 0 Å². The predicted molar refractivity (Wildman–Crippen MR) is 237 cm³/mol. The molecule has 1 heterocycles. The Kier molecular flexibility index (Phi) is 8.41. The Hall–Kier alpha value is -6.64. The molecule has 0 saturated carbocycles. The summed E-state index contributed by atoms with van der Waals surface area (Å²) in [7, 11) is 0. The van der Waals surface area contributed by atoms with Crippen molar-refractivity contribution in [2.24, 2.45) is 0 Å². The van der Waals surface area contributed by atoms with E-state index in [1.165, 1.54) is 78.3 Å². The molecule has 56 heavy (non-hydrogen) atoms. The van der Waals surface area contributed by atoms with Crippen LogP contribution >= 0.6 is 0 Å². The highest BCUT2D eigenvalue weighted by atomic mass is 15.2. The summed E-state index contributed by atoms with van der Waals surface area (Å²) < 4.78 is 0. The maximum Gasteiger partial charge on any atom is 0.0544 e. The minimum Gasteiger partial charge on any atom is -0.341 e. The van der Waals surface area contributed by atoms with Crippen molar-refractivity contribution >= 4 is 28.4 Å². The monoisotopic (exact) mass is 720 g/mol. The zero-order valence-corrected chi connectivity index (χ0v) is 32.0. The Balaban J connectivity index is 1.24. The van der Waals surface area contributed by atoms with E-state index in [-0.39, 0.29) is 5.41 Å². The SMILES string of the molecule is CC1(C)c2ccccc2-c2cc(-c3cccc4c3N(c3ccccc3)CCC4)c(N(c3ccc(-c4ccccc4)cc3)c3ccc(-c4ccccc4)cc3)cc21. The largest absolute Gasteiger partial charge is 0.341 e. The average molecular weight is 721 g/mol. The van der Waals surface area contributed by atoms with Gasteiger partial charge in [-0.3, -0.25) is 0 Å². The van der Waals surface area contributed by atoms with Crippen LogP contribution < -0.4 is 9.80 Å². The summed E-state index contributed by atoms with van der Waals surface area (Å²) in [5.74, 6) is 0. The van der Waals surface area contributed by atoms with Gasteiger partial charge in [-0.05, 0) is 111 Å². The molecule has 1 aliphatic carbocycles. The number of hydrogen-bond acceptors (Lipinski definition) is 2. The van der Waals surface area contributed by atoms with E-state index < -0.39 is 0 Å². The fourth-order valence-electron chi connectivity index (χ4n) is 9.17. The molecule has 1 aliphatic heterocycles. The van der Waals surface area contributed by atoms with Gasteiger partial charge in [0.2, 0.25) is 0 Å². The van der Waals surface area contributed by atoms with E-state index >= 15 is 0 Å². The second-order valence-corrected chi connectivity index (χ2v) is 15.7. The maximum absolute atomic E-state index is 2.55. The molecule has 0 radical (unpaired) electrons.